The van der Waals surface area contributed by atoms with Crippen LogP contribution in [-0.4, -0.2) is 18.1 Å². The van der Waals surface area contributed by atoms with E-state index in [0.717, 1.165) is 23.6 Å². The summed E-state index contributed by atoms with van der Waals surface area (Å²) in [6.45, 7) is 0.982. The molecule has 0 amide bonds. The highest BCUT2D eigenvalue weighted by Gasteiger charge is 1.98. The van der Waals surface area contributed by atoms with E-state index in [1.807, 2.05) is 0 Å². The summed E-state index contributed by atoms with van der Waals surface area (Å²) in [4.78, 5) is 0. The largest absolute Gasteiger partial charge is 0.389 e. The topological polar surface area (TPSA) is 35.8 Å². The zero-order valence-corrected chi connectivity index (χ0v) is 5.87. The zero-order valence-electron chi connectivity index (χ0n) is 5.05. The lowest BCUT2D eigenvalue weighted by Gasteiger charge is -1.90. The van der Waals surface area contributed by atoms with Crippen molar-refractivity contribution in [2.45, 2.75) is 0 Å². The summed E-state index contributed by atoms with van der Waals surface area (Å²) < 4.78 is 0. The molecule has 1 aliphatic rings. The fourth-order valence-corrected chi connectivity index (χ4v) is 1.39. The molecule has 0 aromatic heterocycles. The van der Waals surface area contributed by atoms with Crippen LogP contribution in [0.1, 0.15) is 0 Å². The van der Waals surface area contributed by atoms with Gasteiger partial charge in [0.05, 0.1) is 11.6 Å². The van der Waals surface area contributed by atoms with E-state index >= 15 is 0 Å². The molecule has 0 aromatic rings. The minimum absolute atomic E-state index is 0.845. The van der Waals surface area contributed by atoms with E-state index in [1.54, 1.807) is 18.0 Å². The van der Waals surface area contributed by atoms with Gasteiger partial charge in [-0.05, 0) is 0 Å². The highest BCUT2D eigenvalue weighted by molar-refractivity contribution is 7.99. The van der Waals surface area contributed by atoms with E-state index in [9.17, 15) is 0 Å². The van der Waals surface area contributed by atoms with E-state index in [4.69, 9.17) is 5.26 Å². The maximum absolute atomic E-state index is 8.44. The Morgan fingerprint density at radius 1 is 1.78 bits per heavy atom. The molecule has 0 aliphatic carbocycles. The molecule has 9 heavy (non-hydrogen) atoms. The van der Waals surface area contributed by atoms with Crippen LogP contribution in [0.2, 0.25) is 0 Å². The van der Waals surface area contributed by atoms with Crippen molar-refractivity contribution in [1.82, 2.24) is 5.32 Å². The van der Waals surface area contributed by atoms with Crippen LogP contribution in [0.15, 0.2) is 11.8 Å². The maximum atomic E-state index is 8.44. The van der Waals surface area contributed by atoms with Gasteiger partial charge in [-0.2, -0.15) is 17.0 Å². The summed E-state index contributed by atoms with van der Waals surface area (Å²) in [6, 6.07) is 2.12. The van der Waals surface area contributed by atoms with Crippen molar-refractivity contribution in [1.29, 1.82) is 5.26 Å². The normalized spacial score (nSPS) is 18.8. The first-order valence-corrected chi connectivity index (χ1v) is 3.99. The number of hydrogen-bond acceptors (Lipinski definition) is 3. The number of nitriles is 1. The fourth-order valence-electron chi connectivity index (χ4n) is 0.615. The van der Waals surface area contributed by atoms with Crippen LogP contribution in [0, 0.1) is 11.3 Å². The van der Waals surface area contributed by atoms with Gasteiger partial charge in [-0.25, -0.2) is 0 Å². The molecular formula is C6H8N2S. The number of nitrogens with zero attached hydrogens (tertiary/aromatic N) is 1. The Hall–Kier alpha value is -0.620. The van der Waals surface area contributed by atoms with Crippen LogP contribution in [0.3, 0.4) is 0 Å². The highest BCUT2D eigenvalue weighted by atomic mass is 32.2. The van der Waals surface area contributed by atoms with Gasteiger partial charge < -0.3 is 5.32 Å². The van der Waals surface area contributed by atoms with Crippen molar-refractivity contribution in [3.8, 4) is 6.07 Å². The lowest BCUT2D eigenvalue weighted by molar-refractivity contribution is 0.930. The average Bonchev–Trinajstić information content (AvgIpc) is 2.13. The van der Waals surface area contributed by atoms with Crippen molar-refractivity contribution >= 4 is 11.8 Å². The molecule has 1 N–H and O–H groups in total. The Morgan fingerprint density at radius 3 is 3.44 bits per heavy atom. The Morgan fingerprint density at radius 2 is 2.67 bits per heavy atom. The van der Waals surface area contributed by atoms with Gasteiger partial charge in [0.2, 0.25) is 0 Å². The molecule has 1 rings (SSSR count). The maximum Gasteiger partial charge on any atom is 0.0971 e. The number of hydrogen-bond donors (Lipinski definition) is 1. The molecule has 3 heteroatoms. The van der Waals surface area contributed by atoms with Crippen molar-refractivity contribution < 1.29 is 0 Å². The van der Waals surface area contributed by atoms with E-state index in [-0.39, 0.29) is 0 Å². The van der Waals surface area contributed by atoms with Crippen molar-refractivity contribution in [2.24, 2.45) is 0 Å². The molecule has 0 aromatic carbocycles. The highest BCUT2D eigenvalue weighted by Crippen LogP contribution is 2.07. The second kappa shape index (κ2) is 3.41. The second-order valence-electron chi connectivity index (χ2n) is 1.79. The molecule has 0 fully saturated rings. The summed E-state index contributed by atoms with van der Waals surface area (Å²) in [5, 5.41) is 11.5. The first-order valence-electron chi connectivity index (χ1n) is 2.84. The van der Waals surface area contributed by atoms with Crippen LogP contribution >= 0.6 is 11.8 Å². The number of thioether (sulfide) groups is 1. The monoisotopic (exact) mass is 140 g/mol. The molecule has 0 radical (unpaired) electrons. The smallest absolute Gasteiger partial charge is 0.0971 e. The molecule has 0 atom stereocenters. The Bertz CT molecular complexity index is 157. The van der Waals surface area contributed by atoms with Crippen LogP contribution < -0.4 is 5.32 Å². The summed E-state index contributed by atoms with van der Waals surface area (Å²) in [5.74, 6) is 1.96. The van der Waals surface area contributed by atoms with Crippen LogP contribution in [0.4, 0.5) is 0 Å². The summed E-state index contributed by atoms with van der Waals surface area (Å²) >= 11 is 1.80. The molecule has 48 valence electrons. The lowest BCUT2D eigenvalue weighted by atomic mass is 10.4. The third-order valence-electron chi connectivity index (χ3n) is 1.07. The van der Waals surface area contributed by atoms with Gasteiger partial charge in [-0.15, -0.1) is 0 Å². The molecule has 0 saturated carbocycles. The Labute approximate surface area is 58.9 Å². The third-order valence-corrected chi connectivity index (χ3v) is 2.08. The van der Waals surface area contributed by atoms with Gasteiger partial charge in [-0.3, -0.25) is 0 Å². The van der Waals surface area contributed by atoms with Crippen LogP contribution in [-0.2, 0) is 0 Å². The van der Waals surface area contributed by atoms with Gasteiger partial charge in [0.1, 0.15) is 0 Å². The molecule has 0 bridgehead atoms. The van der Waals surface area contributed by atoms with Crippen molar-refractivity contribution in [3.05, 3.63) is 11.8 Å². The molecular weight excluding hydrogens is 132 g/mol. The minimum atomic E-state index is 0.845. The van der Waals surface area contributed by atoms with Crippen LogP contribution in [0.5, 0.6) is 0 Å². The predicted octanol–water partition coefficient (Wildman–Crippen LogP) is 0.730. The van der Waals surface area contributed by atoms with E-state index in [0.29, 0.717) is 0 Å². The molecule has 0 spiro atoms. The van der Waals surface area contributed by atoms with E-state index in [1.165, 1.54) is 0 Å². The van der Waals surface area contributed by atoms with Crippen LogP contribution in [0.25, 0.3) is 0 Å². The Kier molecular flexibility index (Phi) is 2.47. The standard InChI is InChI=1S/C6H8N2S/c7-3-6-4-8-1-2-9-5-6/h4,8H,1-2,5H2. The number of rotatable bonds is 0. The van der Waals surface area contributed by atoms with Gasteiger partial charge in [-0.1, -0.05) is 0 Å². The minimum Gasteiger partial charge on any atom is -0.389 e. The molecule has 2 nitrogen and oxygen atoms in total. The SMILES string of the molecule is N#CC1=CNCCSC1. The zero-order chi connectivity index (χ0) is 6.53. The van der Waals surface area contributed by atoms with Gasteiger partial charge in [0, 0.05) is 24.3 Å². The molecule has 0 unspecified atom stereocenters. The molecule has 0 saturated heterocycles. The van der Waals surface area contributed by atoms with E-state index in [2.05, 4.69) is 11.4 Å². The van der Waals surface area contributed by atoms with Gasteiger partial charge >= 0.3 is 0 Å². The first kappa shape index (κ1) is 6.50. The fraction of sp³-hybridized carbons (Fsp3) is 0.500. The first-order chi connectivity index (χ1) is 4.43. The lowest BCUT2D eigenvalue weighted by Crippen LogP contribution is -2.07. The summed E-state index contributed by atoms with van der Waals surface area (Å²) in [7, 11) is 0. The van der Waals surface area contributed by atoms with Gasteiger partial charge in [0.15, 0.2) is 0 Å². The third kappa shape index (κ3) is 1.98. The van der Waals surface area contributed by atoms with Gasteiger partial charge in [0.25, 0.3) is 0 Å². The summed E-state index contributed by atoms with van der Waals surface area (Å²) in [6.07, 6.45) is 1.81. The van der Waals surface area contributed by atoms with E-state index < -0.39 is 0 Å². The predicted molar refractivity (Wildman–Crippen MR) is 39.0 cm³/mol. The van der Waals surface area contributed by atoms with Crippen molar-refractivity contribution in [2.75, 3.05) is 18.1 Å². The summed E-state index contributed by atoms with van der Waals surface area (Å²) in [5.41, 5.74) is 0.845. The molecule has 1 aliphatic heterocycles. The second-order valence-corrected chi connectivity index (χ2v) is 2.89. The number of nitrogens with one attached hydrogen (secondary N) is 1. The molecule has 1 heterocycles. The average molecular weight is 140 g/mol. The Balaban J connectivity index is 2.49. The van der Waals surface area contributed by atoms with Crippen molar-refractivity contribution in [3.63, 3.8) is 0 Å². The quantitative estimate of drug-likeness (QED) is 0.539.